The molecule has 0 unspecified atom stereocenters. The largest absolute Gasteiger partial charge is 0.0622 e. The number of rotatable bonds is 5. The fourth-order valence-corrected chi connectivity index (χ4v) is 7.89. The Kier molecular flexibility index (Phi) is 7.25. The van der Waals surface area contributed by atoms with Crippen LogP contribution in [0.2, 0.25) is 0 Å². The van der Waals surface area contributed by atoms with Gasteiger partial charge in [0.1, 0.15) is 0 Å². The first-order valence-corrected chi connectivity index (χ1v) is 18.0. The highest BCUT2D eigenvalue weighted by Gasteiger charge is 2.14. The van der Waals surface area contributed by atoms with Gasteiger partial charge in [-0.15, -0.1) is 0 Å². The van der Waals surface area contributed by atoms with E-state index in [2.05, 4.69) is 206 Å². The quantitative estimate of drug-likeness (QED) is 0.161. The summed E-state index contributed by atoms with van der Waals surface area (Å²) in [6.07, 6.45) is 0. The number of fused-ring (bicyclic) bond motifs is 4. The average molecular weight is 659 g/mol. The van der Waals surface area contributed by atoms with Gasteiger partial charge in [0.15, 0.2) is 0 Å². The summed E-state index contributed by atoms with van der Waals surface area (Å²) in [5, 5.41) is 10.1. The van der Waals surface area contributed by atoms with Crippen LogP contribution in [0.15, 0.2) is 206 Å². The second kappa shape index (κ2) is 12.5. The van der Waals surface area contributed by atoms with Gasteiger partial charge in [-0.1, -0.05) is 164 Å². The van der Waals surface area contributed by atoms with Crippen molar-refractivity contribution in [1.82, 2.24) is 0 Å². The predicted octanol–water partition coefficient (Wildman–Crippen LogP) is 14.6. The van der Waals surface area contributed by atoms with Crippen molar-refractivity contribution in [1.29, 1.82) is 0 Å². The van der Waals surface area contributed by atoms with Crippen LogP contribution < -0.4 is 0 Å². The summed E-state index contributed by atoms with van der Waals surface area (Å²) >= 11 is 0. The van der Waals surface area contributed by atoms with E-state index >= 15 is 0 Å². The van der Waals surface area contributed by atoms with Gasteiger partial charge in [-0.25, -0.2) is 0 Å². The van der Waals surface area contributed by atoms with E-state index in [1.165, 1.54) is 98.7 Å². The number of hydrogen-bond acceptors (Lipinski definition) is 0. The predicted molar refractivity (Wildman–Crippen MR) is 224 cm³/mol. The molecule has 0 N–H and O–H groups in total. The van der Waals surface area contributed by atoms with Crippen LogP contribution in [-0.2, 0) is 0 Å². The van der Waals surface area contributed by atoms with Gasteiger partial charge in [0.2, 0.25) is 0 Å². The van der Waals surface area contributed by atoms with E-state index in [1.54, 1.807) is 0 Å². The Balaban J connectivity index is 1.08. The highest BCUT2D eigenvalue weighted by molar-refractivity contribution is 6.14. The lowest BCUT2D eigenvalue weighted by atomic mass is 9.88. The molecule has 0 radical (unpaired) electrons. The van der Waals surface area contributed by atoms with Gasteiger partial charge in [-0.05, 0) is 141 Å². The van der Waals surface area contributed by atoms with Gasteiger partial charge in [0.25, 0.3) is 0 Å². The van der Waals surface area contributed by atoms with Crippen LogP contribution in [0.25, 0.3) is 98.7 Å². The zero-order chi connectivity index (χ0) is 34.4. The second-order valence-electron chi connectivity index (χ2n) is 13.8. The molecule has 0 saturated carbocycles. The highest BCUT2D eigenvalue weighted by atomic mass is 14.2. The lowest BCUT2D eigenvalue weighted by Gasteiger charge is -2.15. The first-order chi connectivity index (χ1) is 25.7. The zero-order valence-corrected chi connectivity index (χ0v) is 28.6. The van der Waals surface area contributed by atoms with Gasteiger partial charge in [-0.3, -0.25) is 0 Å². The third kappa shape index (κ3) is 5.43. The maximum Gasteiger partial charge on any atom is -0.00266 e. The van der Waals surface area contributed by atoms with E-state index in [0.717, 1.165) is 0 Å². The minimum Gasteiger partial charge on any atom is -0.0622 e. The van der Waals surface area contributed by atoms with Crippen LogP contribution in [-0.4, -0.2) is 0 Å². The lowest BCUT2D eigenvalue weighted by Crippen LogP contribution is -1.89. The third-order valence-electron chi connectivity index (χ3n) is 10.6. The molecule has 0 heterocycles. The second-order valence-corrected chi connectivity index (χ2v) is 13.8. The molecule has 0 fully saturated rings. The van der Waals surface area contributed by atoms with Crippen molar-refractivity contribution in [2.45, 2.75) is 0 Å². The molecule has 10 aromatic carbocycles. The van der Waals surface area contributed by atoms with Crippen LogP contribution in [0.3, 0.4) is 0 Å². The molecule has 0 amide bonds. The van der Waals surface area contributed by atoms with Crippen molar-refractivity contribution in [3.63, 3.8) is 0 Å². The van der Waals surface area contributed by atoms with Gasteiger partial charge in [-0.2, -0.15) is 0 Å². The molecule has 0 aromatic heterocycles. The molecule has 0 bridgehead atoms. The molecule has 0 spiro atoms. The van der Waals surface area contributed by atoms with Gasteiger partial charge >= 0.3 is 0 Å². The minimum atomic E-state index is 1.22. The Morgan fingerprint density at radius 3 is 1.13 bits per heavy atom. The Labute approximate surface area is 303 Å². The van der Waals surface area contributed by atoms with E-state index in [1.807, 2.05) is 0 Å². The van der Waals surface area contributed by atoms with Gasteiger partial charge in [0.05, 0.1) is 0 Å². The maximum atomic E-state index is 2.39. The molecule has 0 atom stereocenters. The van der Waals surface area contributed by atoms with Crippen LogP contribution in [0.5, 0.6) is 0 Å². The summed E-state index contributed by atoms with van der Waals surface area (Å²) in [6, 6.07) is 75.7. The molecule has 0 aliphatic carbocycles. The van der Waals surface area contributed by atoms with Crippen molar-refractivity contribution in [3.05, 3.63) is 206 Å². The standard InChI is InChI=1S/C52H34/c1-2-12-37(13-3-1)52-50-27-26-46(42-18-8-16-40(30-42)44-22-20-35-10-4-6-14-38(35)28-44)32-49(50)33-48-25-24-47(34-51(48)52)43-19-9-17-41(31-43)45-23-21-36-11-5-7-15-39(36)29-45/h1-34H. The highest BCUT2D eigenvalue weighted by Crippen LogP contribution is 2.40. The summed E-state index contributed by atoms with van der Waals surface area (Å²) in [7, 11) is 0. The first-order valence-electron chi connectivity index (χ1n) is 18.0. The normalized spacial score (nSPS) is 11.5. The summed E-state index contributed by atoms with van der Waals surface area (Å²) in [4.78, 5) is 0. The van der Waals surface area contributed by atoms with E-state index in [0.29, 0.717) is 0 Å². The average Bonchev–Trinajstić information content (AvgIpc) is 3.22. The van der Waals surface area contributed by atoms with Gasteiger partial charge in [0, 0.05) is 0 Å². The van der Waals surface area contributed by atoms with Gasteiger partial charge < -0.3 is 0 Å². The molecule has 0 saturated heterocycles. The minimum absolute atomic E-state index is 1.22. The topological polar surface area (TPSA) is 0 Å². The molecule has 0 aliphatic rings. The first kappa shape index (κ1) is 30.1. The van der Waals surface area contributed by atoms with Crippen LogP contribution in [0, 0.1) is 0 Å². The van der Waals surface area contributed by atoms with Crippen LogP contribution in [0.1, 0.15) is 0 Å². The molecule has 0 heteroatoms. The smallest absolute Gasteiger partial charge is 0.00266 e. The fourth-order valence-electron chi connectivity index (χ4n) is 7.89. The fraction of sp³-hybridized carbons (Fsp3) is 0. The number of hydrogen-bond donors (Lipinski definition) is 0. The summed E-state index contributed by atoms with van der Waals surface area (Å²) in [5.74, 6) is 0. The van der Waals surface area contributed by atoms with Crippen molar-refractivity contribution < 1.29 is 0 Å². The van der Waals surface area contributed by atoms with Crippen LogP contribution in [0.4, 0.5) is 0 Å². The molecule has 0 aliphatic heterocycles. The SMILES string of the molecule is c1ccc(-c2c3ccc(-c4cccc(-c5ccc6ccccc6c5)c4)cc3cc3ccc(-c4cccc(-c5ccc6ccccc6c5)c4)cc23)cc1. The molecule has 242 valence electrons. The van der Waals surface area contributed by atoms with Crippen molar-refractivity contribution in [2.75, 3.05) is 0 Å². The van der Waals surface area contributed by atoms with E-state index in [-0.39, 0.29) is 0 Å². The molecule has 52 heavy (non-hydrogen) atoms. The van der Waals surface area contributed by atoms with E-state index in [4.69, 9.17) is 0 Å². The Hall–Kier alpha value is -6.76. The van der Waals surface area contributed by atoms with Crippen molar-refractivity contribution >= 4 is 43.1 Å². The Bertz CT molecular complexity index is 2950. The van der Waals surface area contributed by atoms with E-state index in [9.17, 15) is 0 Å². The Morgan fingerprint density at radius 1 is 0.173 bits per heavy atom. The zero-order valence-electron chi connectivity index (χ0n) is 28.6. The maximum absolute atomic E-state index is 2.39. The molecular formula is C52H34. The molecular weight excluding hydrogens is 625 g/mol. The molecule has 10 rings (SSSR count). The van der Waals surface area contributed by atoms with Crippen molar-refractivity contribution in [2.24, 2.45) is 0 Å². The summed E-state index contributed by atoms with van der Waals surface area (Å²) < 4.78 is 0. The Morgan fingerprint density at radius 2 is 0.577 bits per heavy atom. The van der Waals surface area contributed by atoms with Crippen LogP contribution >= 0.6 is 0 Å². The van der Waals surface area contributed by atoms with Crippen molar-refractivity contribution in [3.8, 4) is 55.6 Å². The molecule has 10 aromatic rings. The summed E-state index contributed by atoms with van der Waals surface area (Å²) in [5.41, 5.74) is 12.3. The van der Waals surface area contributed by atoms with E-state index < -0.39 is 0 Å². The third-order valence-corrected chi connectivity index (χ3v) is 10.6. The molecule has 0 nitrogen and oxygen atoms in total. The lowest BCUT2D eigenvalue weighted by molar-refractivity contribution is 1.60. The monoisotopic (exact) mass is 658 g/mol. The summed E-state index contributed by atoms with van der Waals surface area (Å²) in [6.45, 7) is 0. The number of benzene rings is 10.